The van der Waals surface area contributed by atoms with Gasteiger partial charge in [0.25, 0.3) is 5.91 Å². The van der Waals surface area contributed by atoms with Crippen molar-refractivity contribution in [3.63, 3.8) is 0 Å². The van der Waals surface area contributed by atoms with Crippen molar-refractivity contribution in [2.24, 2.45) is 0 Å². The summed E-state index contributed by atoms with van der Waals surface area (Å²) in [5.41, 5.74) is 2.21. The highest BCUT2D eigenvalue weighted by atomic mass is 16.5. The van der Waals surface area contributed by atoms with Crippen LogP contribution in [0, 0.1) is 0 Å². The molecular weight excluding hydrogens is 340 g/mol. The molecule has 2 N–H and O–H groups in total. The lowest BCUT2D eigenvalue weighted by Gasteiger charge is -2.14. The SMILES string of the molecule is CC(C)Oc1ccccc1Nc1ncc(C(=O)NCc2ccccc2)cn1. The molecule has 0 saturated carbocycles. The van der Waals surface area contributed by atoms with Crippen LogP contribution in [0.3, 0.4) is 0 Å². The zero-order valence-corrected chi connectivity index (χ0v) is 15.3. The van der Waals surface area contributed by atoms with Crippen molar-refractivity contribution < 1.29 is 9.53 Å². The monoisotopic (exact) mass is 362 g/mol. The van der Waals surface area contributed by atoms with Crippen LogP contribution in [0.25, 0.3) is 0 Å². The highest BCUT2D eigenvalue weighted by Gasteiger charge is 2.09. The van der Waals surface area contributed by atoms with E-state index in [0.717, 1.165) is 17.0 Å². The number of amides is 1. The van der Waals surface area contributed by atoms with Gasteiger partial charge >= 0.3 is 0 Å². The van der Waals surface area contributed by atoms with Gasteiger partial charge in [0, 0.05) is 18.9 Å². The summed E-state index contributed by atoms with van der Waals surface area (Å²) in [5.74, 6) is 0.907. The summed E-state index contributed by atoms with van der Waals surface area (Å²) in [7, 11) is 0. The van der Waals surface area contributed by atoms with Crippen LogP contribution in [-0.2, 0) is 6.54 Å². The lowest BCUT2D eigenvalue weighted by molar-refractivity contribution is 0.0950. The number of aromatic nitrogens is 2. The number of anilines is 2. The fraction of sp³-hybridized carbons (Fsp3) is 0.190. The van der Waals surface area contributed by atoms with E-state index in [2.05, 4.69) is 20.6 Å². The van der Waals surface area contributed by atoms with Gasteiger partial charge in [-0.3, -0.25) is 4.79 Å². The number of rotatable bonds is 7. The van der Waals surface area contributed by atoms with Crippen LogP contribution in [0.5, 0.6) is 5.75 Å². The quantitative estimate of drug-likeness (QED) is 0.666. The molecule has 1 heterocycles. The van der Waals surface area contributed by atoms with Gasteiger partial charge in [0.1, 0.15) is 5.75 Å². The Bertz CT molecular complexity index is 880. The molecule has 0 aliphatic heterocycles. The van der Waals surface area contributed by atoms with Crippen molar-refractivity contribution in [1.29, 1.82) is 0 Å². The standard InChI is InChI=1S/C21H22N4O2/c1-15(2)27-19-11-7-6-10-18(19)25-21-23-13-17(14-24-21)20(26)22-12-16-8-4-3-5-9-16/h3-11,13-15H,12H2,1-2H3,(H,22,26)(H,23,24,25). The molecule has 2 aromatic carbocycles. The van der Waals surface area contributed by atoms with Gasteiger partial charge in [-0.1, -0.05) is 42.5 Å². The summed E-state index contributed by atoms with van der Waals surface area (Å²) >= 11 is 0. The van der Waals surface area contributed by atoms with Crippen molar-refractivity contribution in [2.75, 3.05) is 5.32 Å². The number of ether oxygens (including phenoxy) is 1. The molecule has 0 aliphatic rings. The molecule has 1 aromatic heterocycles. The lowest BCUT2D eigenvalue weighted by Crippen LogP contribution is -2.23. The zero-order chi connectivity index (χ0) is 19.1. The van der Waals surface area contributed by atoms with Crippen LogP contribution < -0.4 is 15.4 Å². The van der Waals surface area contributed by atoms with Crippen LogP contribution in [0.15, 0.2) is 67.0 Å². The molecule has 27 heavy (non-hydrogen) atoms. The van der Waals surface area contributed by atoms with Gasteiger partial charge in [-0.05, 0) is 31.5 Å². The summed E-state index contributed by atoms with van der Waals surface area (Å²) in [6, 6.07) is 17.3. The zero-order valence-electron chi connectivity index (χ0n) is 15.3. The number of hydrogen-bond donors (Lipinski definition) is 2. The second-order valence-electron chi connectivity index (χ2n) is 6.25. The maximum atomic E-state index is 12.2. The van der Waals surface area contributed by atoms with E-state index in [4.69, 9.17) is 4.74 Å². The Kier molecular flexibility index (Phi) is 5.99. The molecule has 6 nitrogen and oxygen atoms in total. The Hall–Kier alpha value is -3.41. The van der Waals surface area contributed by atoms with Gasteiger partial charge in [0.05, 0.1) is 17.4 Å². The molecule has 3 rings (SSSR count). The maximum absolute atomic E-state index is 12.2. The van der Waals surface area contributed by atoms with Crippen molar-refractivity contribution in [3.05, 3.63) is 78.1 Å². The van der Waals surface area contributed by atoms with Crippen molar-refractivity contribution >= 4 is 17.5 Å². The predicted molar refractivity (Wildman–Crippen MR) is 105 cm³/mol. The Morgan fingerprint density at radius 1 is 1.00 bits per heavy atom. The molecule has 1 amide bonds. The molecule has 0 fully saturated rings. The average molecular weight is 362 g/mol. The van der Waals surface area contributed by atoms with E-state index in [0.29, 0.717) is 18.1 Å². The van der Waals surface area contributed by atoms with E-state index in [9.17, 15) is 4.79 Å². The number of nitrogens with zero attached hydrogens (tertiary/aromatic N) is 2. The van der Waals surface area contributed by atoms with Gasteiger partial charge in [-0.15, -0.1) is 0 Å². The molecule has 138 valence electrons. The Morgan fingerprint density at radius 2 is 1.67 bits per heavy atom. The first-order chi connectivity index (χ1) is 13.1. The number of para-hydroxylation sites is 2. The van der Waals surface area contributed by atoms with Crippen molar-refractivity contribution in [2.45, 2.75) is 26.5 Å². The van der Waals surface area contributed by atoms with Crippen molar-refractivity contribution in [1.82, 2.24) is 15.3 Å². The maximum Gasteiger partial charge on any atom is 0.254 e. The van der Waals surface area contributed by atoms with E-state index >= 15 is 0 Å². The average Bonchev–Trinajstić information content (AvgIpc) is 2.69. The Morgan fingerprint density at radius 3 is 2.37 bits per heavy atom. The molecule has 0 saturated heterocycles. The fourth-order valence-electron chi connectivity index (χ4n) is 2.44. The summed E-state index contributed by atoms with van der Waals surface area (Å²) in [6.45, 7) is 4.39. The number of benzene rings is 2. The third-order valence-corrected chi connectivity index (χ3v) is 3.71. The van der Waals surface area contributed by atoms with Crippen LogP contribution >= 0.6 is 0 Å². The first kappa shape index (κ1) is 18.4. The first-order valence-electron chi connectivity index (χ1n) is 8.78. The molecule has 6 heteroatoms. The van der Waals surface area contributed by atoms with E-state index in [-0.39, 0.29) is 12.0 Å². The molecule has 0 aliphatic carbocycles. The fourth-order valence-corrected chi connectivity index (χ4v) is 2.44. The van der Waals surface area contributed by atoms with Crippen molar-refractivity contribution in [3.8, 4) is 5.75 Å². The van der Waals surface area contributed by atoms with Gasteiger partial charge in [0.2, 0.25) is 5.95 Å². The smallest absolute Gasteiger partial charge is 0.254 e. The molecule has 3 aromatic rings. The van der Waals surface area contributed by atoms with Crippen LogP contribution in [0.4, 0.5) is 11.6 Å². The van der Waals surface area contributed by atoms with E-state index in [1.54, 1.807) is 0 Å². The highest BCUT2D eigenvalue weighted by molar-refractivity contribution is 5.93. The number of carbonyl (C=O) groups excluding carboxylic acids is 1. The molecule has 0 unspecified atom stereocenters. The van der Waals surface area contributed by atoms with Gasteiger partial charge < -0.3 is 15.4 Å². The molecule has 0 spiro atoms. The third-order valence-electron chi connectivity index (χ3n) is 3.71. The minimum Gasteiger partial charge on any atom is -0.489 e. The van der Waals surface area contributed by atoms with E-state index in [1.807, 2.05) is 68.4 Å². The summed E-state index contributed by atoms with van der Waals surface area (Å²) in [4.78, 5) is 20.7. The molecule has 0 radical (unpaired) electrons. The minimum absolute atomic E-state index is 0.0598. The molecular formula is C21H22N4O2. The Labute approximate surface area is 158 Å². The summed E-state index contributed by atoms with van der Waals surface area (Å²) < 4.78 is 5.77. The second kappa shape index (κ2) is 8.80. The number of hydrogen-bond acceptors (Lipinski definition) is 5. The topological polar surface area (TPSA) is 76.1 Å². The summed E-state index contributed by atoms with van der Waals surface area (Å²) in [5, 5.41) is 5.98. The largest absolute Gasteiger partial charge is 0.489 e. The van der Waals surface area contributed by atoms with Crippen LogP contribution in [0.1, 0.15) is 29.8 Å². The molecule has 0 atom stereocenters. The van der Waals surface area contributed by atoms with Gasteiger partial charge in [-0.25, -0.2) is 9.97 Å². The predicted octanol–water partition coefficient (Wildman–Crippen LogP) is 3.94. The highest BCUT2D eigenvalue weighted by Crippen LogP contribution is 2.26. The van der Waals surface area contributed by atoms with Crippen LogP contribution in [0.2, 0.25) is 0 Å². The summed E-state index contributed by atoms with van der Waals surface area (Å²) in [6.07, 6.45) is 3.06. The van der Waals surface area contributed by atoms with Gasteiger partial charge in [0.15, 0.2) is 0 Å². The third kappa shape index (κ3) is 5.28. The lowest BCUT2D eigenvalue weighted by atomic mass is 10.2. The van der Waals surface area contributed by atoms with Gasteiger partial charge in [-0.2, -0.15) is 0 Å². The Balaban J connectivity index is 1.63. The van der Waals surface area contributed by atoms with E-state index < -0.39 is 0 Å². The minimum atomic E-state index is -0.214. The number of nitrogens with one attached hydrogen (secondary N) is 2. The first-order valence-corrected chi connectivity index (χ1v) is 8.78. The van der Waals surface area contributed by atoms with Crippen LogP contribution in [-0.4, -0.2) is 22.0 Å². The number of carbonyl (C=O) groups is 1. The van der Waals surface area contributed by atoms with E-state index in [1.165, 1.54) is 12.4 Å². The molecule has 0 bridgehead atoms. The normalized spacial score (nSPS) is 10.5. The second-order valence-corrected chi connectivity index (χ2v) is 6.25.